The second kappa shape index (κ2) is 2.57. The summed E-state index contributed by atoms with van der Waals surface area (Å²) in [5.41, 5.74) is 0. The van der Waals surface area contributed by atoms with Crippen LogP contribution in [-0.2, 0) is 9.73 Å². The molecule has 58 valence electrons. The van der Waals surface area contributed by atoms with Gasteiger partial charge in [0.15, 0.2) is 0 Å². The van der Waals surface area contributed by atoms with Gasteiger partial charge in [-0.15, -0.1) is 0 Å². The Balaban J connectivity index is 2.88. The molecule has 0 aromatic carbocycles. The van der Waals surface area contributed by atoms with Crippen LogP contribution in [0.15, 0.2) is 4.27 Å². The molecule has 0 amide bonds. The van der Waals surface area contributed by atoms with Crippen LogP contribution in [0.4, 0.5) is 0 Å². The fourth-order valence-corrected chi connectivity index (χ4v) is 3.45. The molecule has 0 aromatic heterocycles. The molecular formula is C6H14BNOS. The van der Waals surface area contributed by atoms with Gasteiger partial charge in [-0.05, 0) is 12.8 Å². The van der Waals surface area contributed by atoms with E-state index in [1.165, 1.54) is 0 Å². The molecule has 10 heavy (non-hydrogen) atoms. The lowest BCUT2D eigenvalue weighted by Gasteiger charge is -2.11. The summed E-state index contributed by atoms with van der Waals surface area (Å²) < 4.78 is 15.9. The minimum atomic E-state index is -1.82. The van der Waals surface area contributed by atoms with Gasteiger partial charge >= 0.3 is 0 Å². The highest BCUT2D eigenvalue weighted by Gasteiger charge is 2.34. The molecule has 0 bridgehead atoms. The van der Waals surface area contributed by atoms with E-state index in [0.29, 0.717) is 5.25 Å². The normalized spacial score (nSPS) is 24.3. The van der Waals surface area contributed by atoms with Crippen molar-refractivity contribution in [2.24, 2.45) is 4.27 Å². The number of hydrogen-bond donors (Lipinski definition) is 0. The zero-order chi connectivity index (χ0) is 7.78. The van der Waals surface area contributed by atoms with E-state index in [4.69, 9.17) is 0 Å². The van der Waals surface area contributed by atoms with Crippen LogP contribution < -0.4 is 0 Å². The molecule has 0 saturated heterocycles. The monoisotopic (exact) mass is 159 g/mol. The molecule has 1 rings (SSSR count). The third-order valence-electron chi connectivity index (χ3n) is 1.96. The smallest absolute Gasteiger partial charge is 0.257 e. The maximum absolute atomic E-state index is 11.8. The highest BCUT2D eigenvalue weighted by molar-refractivity contribution is 7.95. The van der Waals surface area contributed by atoms with E-state index in [1.807, 2.05) is 13.8 Å². The first kappa shape index (κ1) is 8.11. The average molecular weight is 159 g/mol. The Morgan fingerprint density at radius 2 is 2.10 bits per heavy atom. The summed E-state index contributed by atoms with van der Waals surface area (Å²) >= 11 is 0. The maximum Gasteiger partial charge on any atom is 0.257 e. The molecule has 0 N–H and O–H groups in total. The molecule has 0 aromatic rings. The number of hydrogen-bond acceptors (Lipinski definition) is 2. The van der Waals surface area contributed by atoms with Crippen LogP contribution in [0.1, 0.15) is 26.7 Å². The molecule has 1 saturated carbocycles. The van der Waals surface area contributed by atoms with Gasteiger partial charge in [0.05, 0.1) is 0 Å². The quantitative estimate of drug-likeness (QED) is 0.541. The Labute approximate surface area is 64.0 Å². The Bertz CT molecular complexity index is 218. The van der Waals surface area contributed by atoms with E-state index in [0.717, 1.165) is 12.8 Å². The van der Waals surface area contributed by atoms with Crippen LogP contribution >= 0.6 is 0 Å². The molecule has 1 aliphatic carbocycles. The zero-order valence-electron chi connectivity index (χ0n) is 6.83. The summed E-state index contributed by atoms with van der Waals surface area (Å²) in [7, 11) is -0.143. The van der Waals surface area contributed by atoms with Gasteiger partial charge in [0, 0.05) is 20.2 Å². The maximum atomic E-state index is 11.8. The first-order valence-corrected chi connectivity index (χ1v) is 5.38. The number of rotatable bonds is 2. The van der Waals surface area contributed by atoms with Gasteiger partial charge in [-0.25, -0.2) is 0 Å². The second-order valence-corrected chi connectivity index (χ2v) is 6.25. The van der Waals surface area contributed by atoms with Crippen molar-refractivity contribution in [1.29, 1.82) is 0 Å². The SMILES string of the molecule is BN=S(=O)(C(C)C)C1CC1. The van der Waals surface area contributed by atoms with Gasteiger partial charge < -0.3 is 4.27 Å². The predicted molar refractivity (Wildman–Crippen MR) is 47.3 cm³/mol. The van der Waals surface area contributed by atoms with Crippen molar-refractivity contribution >= 4 is 17.7 Å². The molecule has 1 fully saturated rings. The van der Waals surface area contributed by atoms with E-state index < -0.39 is 9.73 Å². The molecular weight excluding hydrogens is 145 g/mol. The van der Waals surface area contributed by atoms with Crippen LogP contribution in [0.5, 0.6) is 0 Å². The lowest BCUT2D eigenvalue weighted by atomic mass is 10.5. The van der Waals surface area contributed by atoms with Crippen molar-refractivity contribution in [2.75, 3.05) is 0 Å². The summed E-state index contributed by atoms with van der Waals surface area (Å²) in [5.74, 6) is 0. The Hall–Kier alpha value is 0.0149. The first-order chi connectivity index (χ1) is 4.61. The van der Waals surface area contributed by atoms with Crippen LogP contribution in [0.3, 0.4) is 0 Å². The summed E-state index contributed by atoms with van der Waals surface area (Å²) in [6.07, 6.45) is 2.24. The summed E-state index contributed by atoms with van der Waals surface area (Å²) in [6.45, 7) is 3.99. The van der Waals surface area contributed by atoms with Gasteiger partial charge in [-0.1, -0.05) is 13.8 Å². The molecule has 1 atom stereocenters. The Kier molecular flexibility index (Phi) is 2.08. The molecule has 0 radical (unpaired) electrons. The highest BCUT2D eigenvalue weighted by atomic mass is 32.2. The third kappa shape index (κ3) is 1.22. The molecule has 2 nitrogen and oxygen atoms in total. The van der Waals surface area contributed by atoms with Gasteiger partial charge in [-0.3, -0.25) is 4.21 Å². The van der Waals surface area contributed by atoms with Gasteiger partial charge in [0.1, 0.15) is 0 Å². The standard InChI is InChI=1S/C6H14BNOS/c1-5(2)10(9,8-7)6-3-4-6/h5-6H,3-4,7H2,1-2H3. The Morgan fingerprint density at radius 3 is 2.20 bits per heavy atom. The third-order valence-corrected chi connectivity index (χ3v) is 5.31. The molecule has 4 heteroatoms. The van der Waals surface area contributed by atoms with E-state index in [-0.39, 0.29) is 5.25 Å². The molecule has 1 aliphatic rings. The van der Waals surface area contributed by atoms with E-state index in [2.05, 4.69) is 4.27 Å². The van der Waals surface area contributed by atoms with Crippen LogP contribution in [-0.4, -0.2) is 22.7 Å². The van der Waals surface area contributed by atoms with E-state index >= 15 is 0 Å². The fourth-order valence-electron chi connectivity index (χ4n) is 1.15. The van der Waals surface area contributed by atoms with Crippen molar-refractivity contribution in [3.8, 4) is 0 Å². The van der Waals surface area contributed by atoms with Crippen molar-refractivity contribution in [2.45, 2.75) is 37.2 Å². The minimum Gasteiger partial charge on any atom is -0.308 e. The average Bonchev–Trinajstić information content (AvgIpc) is 2.67. The minimum absolute atomic E-state index is 0.227. The van der Waals surface area contributed by atoms with E-state index in [9.17, 15) is 4.21 Å². The highest BCUT2D eigenvalue weighted by Crippen LogP contribution is 2.32. The van der Waals surface area contributed by atoms with Crippen LogP contribution in [0, 0.1) is 0 Å². The molecule has 0 aliphatic heterocycles. The second-order valence-electron chi connectivity index (χ2n) is 3.04. The fraction of sp³-hybridized carbons (Fsp3) is 1.00. The molecule has 0 spiro atoms. The first-order valence-electron chi connectivity index (χ1n) is 3.74. The van der Waals surface area contributed by atoms with E-state index in [1.54, 1.807) is 7.98 Å². The topological polar surface area (TPSA) is 29.4 Å². The molecule has 1 unspecified atom stereocenters. The van der Waals surface area contributed by atoms with Gasteiger partial charge in [0.25, 0.3) is 7.98 Å². The Morgan fingerprint density at radius 1 is 1.60 bits per heavy atom. The summed E-state index contributed by atoms with van der Waals surface area (Å²) in [5, 5.41) is 0.641. The van der Waals surface area contributed by atoms with Gasteiger partial charge in [-0.2, -0.15) is 0 Å². The van der Waals surface area contributed by atoms with Crippen molar-refractivity contribution in [3.05, 3.63) is 0 Å². The number of nitrogens with zero attached hydrogens (tertiary/aromatic N) is 1. The predicted octanol–water partition coefficient (Wildman–Crippen LogP) is 0.573. The lowest BCUT2D eigenvalue weighted by Crippen LogP contribution is -2.18. The van der Waals surface area contributed by atoms with Crippen molar-refractivity contribution in [3.63, 3.8) is 0 Å². The summed E-state index contributed by atoms with van der Waals surface area (Å²) in [6, 6.07) is 0. The summed E-state index contributed by atoms with van der Waals surface area (Å²) in [4.78, 5) is 0. The lowest BCUT2D eigenvalue weighted by molar-refractivity contribution is 0.669. The van der Waals surface area contributed by atoms with Crippen molar-refractivity contribution < 1.29 is 4.21 Å². The van der Waals surface area contributed by atoms with Crippen LogP contribution in [0.25, 0.3) is 0 Å². The zero-order valence-corrected chi connectivity index (χ0v) is 7.65. The van der Waals surface area contributed by atoms with Crippen LogP contribution in [0.2, 0.25) is 0 Å². The molecule has 0 heterocycles. The largest absolute Gasteiger partial charge is 0.308 e. The van der Waals surface area contributed by atoms with Crippen molar-refractivity contribution in [1.82, 2.24) is 0 Å². The van der Waals surface area contributed by atoms with Gasteiger partial charge in [0.2, 0.25) is 0 Å².